The molecule has 0 amide bonds. The van der Waals surface area contributed by atoms with Gasteiger partial charge in [0.2, 0.25) is 5.95 Å². The minimum Gasteiger partial charge on any atom is -0.368 e. The molecule has 3 rings (SSSR count). The molecule has 2 heterocycles. The minimum atomic E-state index is 0.251. The van der Waals surface area contributed by atoms with Crippen molar-refractivity contribution in [1.82, 2.24) is 19.7 Å². The summed E-state index contributed by atoms with van der Waals surface area (Å²) in [7, 11) is 1.91. The summed E-state index contributed by atoms with van der Waals surface area (Å²) in [5, 5.41) is 5.52. The highest BCUT2D eigenvalue weighted by Crippen LogP contribution is 2.28. The fourth-order valence-corrected chi connectivity index (χ4v) is 2.29. The van der Waals surface area contributed by atoms with Gasteiger partial charge in [0.1, 0.15) is 5.69 Å². The number of aryl methyl sites for hydroxylation is 1. The van der Waals surface area contributed by atoms with Gasteiger partial charge in [-0.25, -0.2) is 9.97 Å². The zero-order valence-corrected chi connectivity index (χ0v) is 11.2. The fraction of sp³-hybridized carbons (Fsp3) is 0.0833. The molecule has 0 saturated heterocycles. The quantitative estimate of drug-likeness (QED) is 0.749. The summed E-state index contributed by atoms with van der Waals surface area (Å²) < 4.78 is 2.83. The predicted molar refractivity (Wildman–Crippen MR) is 73.9 cm³/mol. The molecule has 5 nitrogen and oxygen atoms in total. The molecule has 0 radical (unpaired) electrons. The van der Waals surface area contributed by atoms with E-state index >= 15 is 0 Å². The van der Waals surface area contributed by atoms with Crippen LogP contribution in [-0.2, 0) is 7.05 Å². The van der Waals surface area contributed by atoms with Crippen molar-refractivity contribution in [3.8, 4) is 11.4 Å². The molecular formula is C12H10BrN5. The summed E-state index contributed by atoms with van der Waals surface area (Å²) in [5.41, 5.74) is 8.19. The van der Waals surface area contributed by atoms with Crippen LogP contribution in [0.25, 0.3) is 22.3 Å². The van der Waals surface area contributed by atoms with Crippen LogP contribution in [0, 0.1) is 0 Å². The Labute approximate surface area is 112 Å². The van der Waals surface area contributed by atoms with Crippen molar-refractivity contribution in [3.63, 3.8) is 0 Å². The average molecular weight is 304 g/mol. The van der Waals surface area contributed by atoms with Gasteiger partial charge in [0.25, 0.3) is 0 Å². The van der Waals surface area contributed by atoms with E-state index in [4.69, 9.17) is 5.73 Å². The van der Waals surface area contributed by atoms with Gasteiger partial charge < -0.3 is 5.73 Å². The molecule has 0 aliphatic carbocycles. The first-order valence-corrected chi connectivity index (χ1v) is 6.15. The smallest absolute Gasteiger partial charge is 0.220 e. The number of benzene rings is 1. The Balaban J connectivity index is 2.32. The molecule has 3 aromatic rings. The number of nitrogens with two attached hydrogens (primary N) is 1. The van der Waals surface area contributed by atoms with Crippen molar-refractivity contribution in [3.05, 3.63) is 34.9 Å². The molecule has 0 atom stereocenters. The molecule has 0 bridgehead atoms. The van der Waals surface area contributed by atoms with Gasteiger partial charge in [0.05, 0.1) is 11.2 Å². The molecule has 90 valence electrons. The van der Waals surface area contributed by atoms with Gasteiger partial charge in [-0.1, -0.05) is 15.9 Å². The number of nitrogens with zero attached hydrogens (tertiary/aromatic N) is 4. The van der Waals surface area contributed by atoms with E-state index in [1.807, 2.05) is 29.9 Å². The Bertz CT molecular complexity index is 734. The molecule has 0 aliphatic rings. The second kappa shape index (κ2) is 4.06. The first-order valence-electron chi connectivity index (χ1n) is 5.36. The van der Waals surface area contributed by atoms with E-state index < -0.39 is 0 Å². The van der Waals surface area contributed by atoms with Gasteiger partial charge in [-0.05, 0) is 24.3 Å². The van der Waals surface area contributed by atoms with Gasteiger partial charge >= 0.3 is 0 Å². The lowest BCUT2D eigenvalue weighted by molar-refractivity contribution is 0.799. The number of hydrogen-bond acceptors (Lipinski definition) is 4. The first-order chi connectivity index (χ1) is 8.65. The third-order valence-electron chi connectivity index (χ3n) is 2.73. The molecular weight excluding hydrogens is 294 g/mol. The zero-order valence-electron chi connectivity index (χ0n) is 9.63. The van der Waals surface area contributed by atoms with Crippen LogP contribution >= 0.6 is 15.9 Å². The topological polar surface area (TPSA) is 69.6 Å². The highest BCUT2D eigenvalue weighted by atomic mass is 79.9. The molecule has 0 spiro atoms. The van der Waals surface area contributed by atoms with Gasteiger partial charge in [-0.15, -0.1) is 0 Å². The number of nitrogen functional groups attached to an aromatic ring is 1. The molecule has 2 N–H and O–H groups in total. The zero-order chi connectivity index (χ0) is 12.7. The summed E-state index contributed by atoms with van der Waals surface area (Å²) in [6.07, 6.45) is 1.64. The maximum absolute atomic E-state index is 5.61. The molecule has 0 saturated carbocycles. The van der Waals surface area contributed by atoms with E-state index in [2.05, 4.69) is 31.0 Å². The molecule has 1 aromatic carbocycles. The molecule has 0 unspecified atom stereocenters. The largest absolute Gasteiger partial charge is 0.368 e. The lowest BCUT2D eigenvalue weighted by Crippen LogP contribution is -1.96. The van der Waals surface area contributed by atoms with Crippen molar-refractivity contribution in [2.75, 3.05) is 5.73 Å². The Morgan fingerprint density at radius 3 is 2.89 bits per heavy atom. The van der Waals surface area contributed by atoms with Crippen LogP contribution in [0.4, 0.5) is 5.95 Å². The Morgan fingerprint density at radius 1 is 1.28 bits per heavy atom. The van der Waals surface area contributed by atoms with Crippen LogP contribution < -0.4 is 5.73 Å². The van der Waals surface area contributed by atoms with Gasteiger partial charge in [-0.2, -0.15) is 5.10 Å². The fourth-order valence-electron chi connectivity index (χ4n) is 1.93. The number of hydrogen-bond donors (Lipinski definition) is 1. The molecule has 0 fully saturated rings. The van der Waals surface area contributed by atoms with Crippen LogP contribution in [0.3, 0.4) is 0 Å². The molecule has 0 aliphatic heterocycles. The van der Waals surface area contributed by atoms with E-state index in [-0.39, 0.29) is 5.95 Å². The minimum absolute atomic E-state index is 0.251. The number of aromatic nitrogens is 4. The van der Waals surface area contributed by atoms with Crippen molar-refractivity contribution in [2.24, 2.45) is 7.05 Å². The highest BCUT2D eigenvalue weighted by molar-refractivity contribution is 9.10. The van der Waals surface area contributed by atoms with Crippen molar-refractivity contribution in [1.29, 1.82) is 0 Å². The summed E-state index contributed by atoms with van der Waals surface area (Å²) in [4.78, 5) is 8.10. The van der Waals surface area contributed by atoms with Crippen molar-refractivity contribution in [2.45, 2.75) is 0 Å². The van der Waals surface area contributed by atoms with Crippen LogP contribution in [0.15, 0.2) is 34.9 Å². The second-order valence-electron chi connectivity index (χ2n) is 3.93. The molecule has 18 heavy (non-hydrogen) atoms. The highest BCUT2D eigenvalue weighted by Gasteiger charge is 2.12. The van der Waals surface area contributed by atoms with Gasteiger partial charge in [0.15, 0.2) is 0 Å². The Hall–Kier alpha value is -1.95. The van der Waals surface area contributed by atoms with E-state index in [0.29, 0.717) is 0 Å². The monoisotopic (exact) mass is 303 g/mol. The third kappa shape index (κ3) is 1.74. The molecule has 2 aromatic heterocycles. The van der Waals surface area contributed by atoms with Crippen molar-refractivity contribution < 1.29 is 0 Å². The summed E-state index contributed by atoms with van der Waals surface area (Å²) in [6.45, 7) is 0. The van der Waals surface area contributed by atoms with Gasteiger partial charge in [0, 0.05) is 23.1 Å². The first kappa shape index (κ1) is 11.2. The van der Waals surface area contributed by atoms with E-state index in [1.54, 1.807) is 12.3 Å². The van der Waals surface area contributed by atoms with Crippen LogP contribution in [0.1, 0.15) is 0 Å². The number of rotatable bonds is 1. The lowest BCUT2D eigenvalue weighted by Gasteiger charge is -1.98. The SMILES string of the molecule is Cn1nc(-c2ccnc(N)n2)c2cc(Br)ccc21. The van der Waals surface area contributed by atoms with Crippen molar-refractivity contribution >= 4 is 32.8 Å². The van der Waals surface area contributed by atoms with Crippen LogP contribution in [0.5, 0.6) is 0 Å². The Morgan fingerprint density at radius 2 is 2.11 bits per heavy atom. The normalized spacial score (nSPS) is 11.0. The standard InChI is InChI=1S/C12H10BrN5/c1-18-10-3-2-7(13)6-8(10)11(17-18)9-4-5-15-12(14)16-9/h2-6H,1H3,(H2,14,15,16). The summed E-state index contributed by atoms with van der Waals surface area (Å²) in [6, 6.07) is 7.83. The third-order valence-corrected chi connectivity index (χ3v) is 3.22. The maximum Gasteiger partial charge on any atom is 0.220 e. The number of fused-ring (bicyclic) bond motifs is 1. The average Bonchev–Trinajstić information content (AvgIpc) is 2.66. The predicted octanol–water partition coefficient (Wildman–Crippen LogP) is 2.38. The number of anilines is 1. The van der Waals surface area contributed by atoms with Crippen LogP contribution in [-0.4, -0.2) is 19.7 Å². The maximum atomic E-state index is 5.61. The van der Waals surface area contributed by atoms with E-state index in [0.717, 1.165) is 26.8 Å². The lowest BCUT2D eigenvalue weighted by atomic mass is 10.1. The van der Waals surface area contributed by atoms with Crippen LogP contribution in [0.2, 0.25) is 0 Å². The van der Waals surface area contributed by atoms with E-state index in [1.165, 1.54) is 0 Å². The van der Waals surface area contributed by atoms with E-state index in [9.17, 15) is 0 Å². The number of halogens is 1. The second-order valence-corrected chi connectivity index (χ2v) is 4.85. The molecule has 6 heteroatoms. The summed E-state index contributed by atoms with van der Waals surface area (Å²) >= 11 is 3.47. The Kier molecular flexibility index (Phi) is 2.52. The summed E-state index contributed by atoms with van der Waals surface area (Å²) in [5.74, 6) is 0.251. The van der Waals surface area contributed by atoms with Gasteiger partial charge in [-0.3, -0.25) is 4.68 Å².